The van der Waals surface area contributed by atoms with E-state index in [9.17, 15) is 4.39 Å². The Morgan fingerprint density at radius 1 is 1.32 bits per heavy atom. The van der Waals surface area contributed by atoms with Crippen LogP contribution in [0.1, 0.15) is 50.5 Å². The zero-order valence-electron chi connectivity index (χ0n) is 11.9. The molecule has 0 bridgehead atoms. The van der Waals surface area contributed by atoms with E-state index in [1.165, 1.54) is 25.3 Å². The first kappa shape index (κ1) is 14.3. The van der Waals surface area contributed by atoms with E-state index in [1.807, 2.05) is 0 Å². The molecule has 2 nitrogen and oxygen atoms in total. The molecule has 1 aliphatic carbocycles. The van der Waals surface area contributed by atoms with Crippen LogP contribution >= 0.6 is 0 Å². The van der Waals surface area contributed by atoms with E-state index in [0.29, 0.717) is 12.0 Å². The van der Waals surface area contributed by atoms with Gasteiger partial charge in [-0.3, -0.25) is 0 Å². The number of ether oxygens (including phenoxy) is 1. The number of hydrogen-bond donors (Lipinski definition) is 1. The van der Waals surface area contributed by atoms with E-state index in [-0.39, 0.29) is 5.82 Å². The Bertz CT molecular complexity index is 408. The summed E-state index contributed by atoms with van der Waals surface area (Å²) >= 11 is 0. The standard InChI is InChI=1S/C16H24FNO/c1-3-18-14-7-5-4-6-12(10-14)15-11-13(17)8-9-16(15)19-2/h8-9,11-12,14,18H,3-7,10H2,1-2H3. The fourth-order valence-corrected chi connectivity index (χ4v) is 3.14. The van der Waals surface area contributed by atoms with Crippen LogP contribution in [0.2, 0.25) is 0 Å². The summed E-state index contributed by atoms with van der Waals surface area (Å²) in [6, 6.07) is 5.42. The largest absolute Gasteiger partial charge is 0.496 e. The summed E-state index contributed by atoms with van der Waals surface area (Å²) in [5.74, 6) is 1.06. The zero-order chi connectivity index (χ0) is 13.7. The molecule has 19 heavy (non-hydrogen) atoms. The summed E-state index contributed by atoms with van der Waals surface area (Å²) in [5, 5.41) is 3.54. The lowest BCUT2D eigenvalue weighted by molar-refractivity contribution is 0.393. The van der Waals surface area contributed by atoms with Gasteiger partial charge in [0.05, 0.1) is 7.11 Å². The molecule has 1 aromatic carbocycles. The van der Waals surface area contributed by atoms with Crippen LogP contribution in [0.5, 0.6) is 5.75 Å². The predicted molar refractivity (Wildman–Crippen MR) is 76.2 cm³/mol. The summed E-state index contributed by atoms with van der Waals surface area (Å²) in [6.07, 6.45) is 5.90. The Labute approximate surface area is 115 Å². The van der Waals surface area contributed by atoms with Gasteiger partial charge in [-0.05, 0) is 49.9 Å². The first-order valence-corrected chi connectivity index (χ1v) is 7.31. The minimum absolute atomic E-state index is 0.167. The average molecular weight is 265 g/mol. The first-order valence-electron chi connectivity index (χ1n) is 7.31. The maximum atomic E-state index is 13.5. The van der Waals surface area contributed by atoms with Gasteiger partial charge in [-0.25, -0.2) is 4.39 Å². The van der Waals surface area contributed by atoms with Crippen LogP contribution < -0.4 is 10.1 Å². The molecule has 2 unspecified atom stereocenters. The van der Waals surface area contributed by atoms with Crippen molar-refractivity contribution in [3.8, 4) is 5.75 Å². The summed E-state index contributed by atoms with van der Waals surface area (Å²) < 4.78 is 18.9. The van der Waals surface area contributed by atoms with Gasteiger partial charge in [0.1, 0.15) is 11.6 Å². The third kappa shape index (κ3) is 3.69. The van der Waals surface area contributed by atoms with Gasteiger partial charge >= 0.3 is 0 Å². The SMILES string of the molecule is CCNC1CCCCC(c2cc(F)ccc2OC)C1. The Kier molecular flexibility index (Phi) is 5.20. The molecule has 1 aliphatic rings. The molecule has 2 rings (SSSR count). The maximum absolute atomic E-state index is 13.5. The number of benzene rings is 1. The van der Waals surface area contributed by atoms with E-state index < -0.39 is 0 Å². The number of halogens is 1. The van der Waals surface area contributed by atoms with Crippen LogP contribution in [0.3, 0.4) is 0 Å². The van der Waals surface area contributed by atoms with Crippen molar-refractivity contribution in [3.05, 3.63) is 29.6 Å². The number of hydrogen-bond acceptors (Lipinski definition) is 2. The monoisotopic (exact) mass is 265 g/mol. The number of rotatable bonds is 4. The highest BCUT2D eigenvalue weighted by Crippen LogP contribution is 2.37. The molecule has 3 heteroatoms. The highest BCUT2D eigenvalue weighted by Gasteiger charge is 2.23. The molecule has 0 radical (unpaired) electrons. The Balaban J connectivity index is 2.20. The van der Waals surface area contributed by atoms with Gasteiger partial charge in [0.2, 0.25) is 0 Å². The van der Waals surface area contributed by atoms with E-state index in [4.69, 9.17) is 4.74 Å². The lowest BCUT2D eigenvalue weighted by atomic mass is 9.89. The molecule has 0 aromatic heterocycles. The van der Waals surface area contributed by atoms with Crippen molar-refractivity contribution in [2.45, 2.75) is 51.0 Å². The molecule has 0 heterocycles. The molecular formula is C16H24FNO. The van der Waals surface area contributed by atoms with Crippen molar-refractivity contribution in [2.75, 3.05) is 13.7 Å². The van der Waals surface area contributed by atoms with Gasteiger partial charge < -0.3 is 10.1 Å². The van der Waals surface area contributed by atoms with Crippen molar-refractivity contribution >= 4 is 0 Å². The number of nitrogens with one attached hydrogen (secondary N) is 1. The van der Waals surface area contributed by atoms with E-state index in [2.05, 4.69) is 12.2 Å². The van der Waals surface area contributed by atoms with Crippen LogP contribution in [0, 0.1) is 5.82 Å². The maximum Gasteiger partial charge on any atom is 0.123 e. The van der Waals surface area contributed by atoms with Gasteiger partial charge in [0.25, 0.3) is 0 Å². The van der Waals surface area contributed by atoms with Crippen LogP contribution in [0.25, 0.3) is 0 Å². The van der Waals surface area contributed by atoms with Crippen LogP contribution in [0.4, 0.5) is 4.39 Å². The molecule has 0 saturated heterocycles. The summed E-state index contributed by atoms with van der Waals surface area (Å²) in [4.78, 5) is 0. The fraction of sp³-hybridized carbons (Fsp3) is 0.625. The summed E-state index contributed by atoms with van der Waals surface area (Å²) in [6.45, 7) is 3.14. The second-order valence-electron chi connectivity index (χ2n) is 5.36. The van der Waals surface area contributed by atoms with Crippen molar-refractivity contribution < 1.29 is 9.13 Å². The van der Waals surface area contributed by atoms with Gasteiger partial charge in [0.15, 0.2) is 0 Å². The van der Waals surface area contributed by atoms with E-state index in [1.54, 1.807) is 19.2 Å². The topological polar surface area (TPSA) is 21.3 Å². The smallest absolute Gasteiger partial charge is 0.123 e. The van der Waals surface area contributed by atoms with Gasteiger partial charge in [-0.15, -0.1) is 0 Å². The van der Waals surface area contributed by atoms with E-state index >= 15 is 0 Å². The molecule has 1 saturated carbocycles. The number of methoxy groups -OCH3 is 1. The first-order chi connectivity index (χ1) is 9.24. The van der Waals surface area contributed by atoms with Gasteiger partial charge in [-0.2, -0.15) is 0 Å². The molecule has 106 valence electrons. The van der Waals surface area contributed by atoms with Gasteiger partial charge in [-0.1, -0.05) is 19.8 Å². The van der Waals surface area contributed by atoms with Crippen molar-refractivity contribution in [3.63, 3.8) is 0 Å². The summed E-state index contributed by atoms with van der Waals surface area (Å²) in [5.41, 5.74) is 1.03. The van der Waals surface area contributed by atoms with Crippen LogP contribution in [-0.2, 0) is 0 Å². The van der Waals surface area contributed by atoms with Crippen molar-refractivity contribution in [2.24, 2.45) is 0 Å². The fourth-order valence-electron chi connectivity index (χ4n) is 3.14. The lowest BCUT2D eigenvalue weighted by Gasteiger charge is -2.22. The molecule has 0 aliphatic heterocycles. The predicted octanol–water partition coefficient (Wildman–Crippen LogP) is 3.86. The summed E-state index contributed by atoms with van der Waals surface area (Å²) in [7, 11) is 1.66. The third-order valence-corrected chi connectivity index (χ3v) is 4.05. The van der Waals surface area contributed by atoms with Crippen molar-refractivity contribution in [1.29, 1.82) is 0 Å². The minimum Gasteiger partial charge on any atom is -0.496 e. The average Bonchev–Trinajstić information content (AvgIpc) is 2.65. The highest BCUT2D eigenvalue weighted by atomic mass is 19.1. The molecular weight excluding hydrogens is 241 g/mol. The Hall–Kier alpha value is -1.09. The highest BCUT2D eigenvalue weighted by molar-refractivity contribution is 5.37. The second kappa shape index (κ2) is 6.90. The van der Waals surface area contributed by atoms with Crippen molar-refractivity contribution in [1.82, 2.24) is 5.32 Å². The molecule has 1 fully saturated rings. The van der Waals surface area contributed by atoms with Crippen LogP contribution in [-0.4, -0.2) is 19.7 Å². The lowest BCUT2D eigenvalue weighted by Crippen LogP contribution is -2.29. The third-order valence-electron chi connectivity index (χ3n) is 4.05. The molecule has 0 spiro atoms. The zero-order valence-corrected chi connectivity index (χ0v) is 11.9. The quantitative estimate of drug-likeness (QED) is 0.835. The molecule has 0 amide bonds. The Morgan fingerprint density at radius 2 is 2.11 bits per heavy atom. The van der Waals surface area contributed by atoms with E-state index in [0.717, 1.165) is 30.7 Å². The normalized spacial score (nSPS) is 23.9. The molecule has 1 N–H and O–H groups in total. The molecule has 2 atom stereocenters. The van der Waals surface area contributed by atoms with Gasteiger partial charge in [0, 0.05) is 11.6 Å². The molecule has 1 aromatic rings. The second-order valence-corrected chi connectivity index (χ2v) is 5.36. The van der Waals surface area contributed by atoms with Crippen LogP contribution in [0.15, 0.2) is 18.2 Å². The minimum atomic E-state index is -0.167. The Morgan fingerprint density at radius 3 is 2.84 bits per heavy atom.